The number of carboxylic acid groups (broad SMARTS) is 1. The lowest BCUT2D eigenvalue weighted by molar-refractivity contribution is -0.133. The van der Waals surface area contributed by atoms with Gasteiger partial charge in [-0.3, -0.25) is 4.79 Å². The summed E-state index contributed by atoms with van der Waals surface area (Å²) in [5, 5.41) is 15.9. The number of hydrogen-bond acceptors (Lipinski definition) is 5. The van der Waals surface area contributed by atoms with Gasteiger partial charge < -0.3 is 14.9 Å². The summed E-state index contributed by atoms with van der Waals surface area (Å²) in [7, 11) is 3.97. The number of aromatic nitrogens is 3. The number of amides is 1. The molecule has 8 nitrogen and oxygen atoms in total. The van der Waals surface area contributed by atoms with E-state index in [1.54, 1.807) is 0 Å². The third-order valence-corrected chi connectivity index (χ3v) is 3.33. The van der Waals surface area contributed by atoms with Crippen LogP contribution in [-0.4, -0.2) is 75.0 Å². The van der Waals surface area contributed by atoms with Gasteiger partial charge in [-0.2, -0.15) is 0 Å². The Morgan fingerprint density at radius 2 is 2.25 bits per heavy atom. The van der Waals surface area contributed by atoms with Crippen molar-refractivity contribution >= 4 is 11.9 Å². The van der Waals surface area contributed by atoms with Crippen LogP contribution >= 0.6 is 0 Å². The maximum atomic E-state index is 12.3. The van der Waals surface area contributed by atoms with Gasteiger partial charge in [0.25, 0.3) is 0 Å². The largest absolute Gasteiger partial charge is 0.476 e. The van der Waals surface area contributed by atoms with E-state index >= 15 is 0 Å². The van der Waals surface area contributed by atoms with Gasteiger partial charge in [0.2, 0.25) is 5.91 Å². The molecule has 1 aromatic heterocycles. The Morgan fingerprint density at radius 1 is 1.50 bits per heavy atom. The van der Waals surface area contributed by atoms with Crippen molar-refractivity contribution in [1.82, 2.24) is 24.8 Å². The van der Waals surface area contributed by atoms with Gasteiger partial charge in [-0.1, -0.05) is 5.21 Å². The number of carbonyl (C=O) groups excluding carboxylic acids is 1. The van der Waals surface area contributed by atoms with Crippen molar-refractivity contribution in [3.05, 3.63) is 11.9 Å². The first-order valence-electron chi connectivity index (χ1n) is 6.55. The highest BCUT2D eigenvalue weighted by atomic mass is 16.4. The van der Waals surface area contributed by atoms with E-state index in [4.69, 9.17) is 5.11 Å². The van der Waals surface area contributed by atoms with Crippen LogP contribution in [-0.2, 0) is 11.3 Å². The fourth-order valence-corrected chi connectivity index (χ4v) is 2.48. The van der Waals surface area contributed by atoms with Gasteiger partial charge >= 0.3 is 5.97 Å². The van der Waals surface area contributed by atoms with Crippen molar-refractivity contribution < 1.29 is 14.7 Å². The highest BCUT2D eigenvalue weighted by Crippen LogP contribution is 2.18. The van der Waals surface area contributed by atoms with E-state index in [0.29, 0.717) is 0 Å². The molecule has 0 spiro atoms. The van der Waals surface area contributed by atoms with Gasteiger partial charge in [0.05, 0.1) is 6.20 Å². The van der Waals surface area contributed by atoms with E-state index in [9.17, 15) is 9.59 Å². The lowest BCUT2D eigenvalue weighted by Gasteiger charge is -2.27. The minimum Gasteiger partial charge on any atom is -0.476 e. The van der Waals surface area contributed by atoms with Crippen LogP contribution in [0.4, 0.5) is 0 Å². The summed E-state index contributed by atoms with van der Waals surface area (Å²) in [6, 6.07) is 0.222. The van der Waals surface area contributed by atoms with Crippen LogP contribution in [0.2, 0.25) is 0 Å². The first-order valence-corrected chi connectivity index (χ1v) is 6.55. The topological polar surface area (TPSA) is 91.6 Å². The fraction of sp³-hybridized carbons (Fsp3) is 0.667. The summed E-state index contributed by atoms with van der Waals surface area (Å²) in [6.45, 7) is 1.62. The summed E-state index contributed by atoms with van der Waals surface area (Å²) < 4.78 is 1.27. The Hall–Kier alpha value is -1.96. The number of rotatable bonds is 5. The average molecular weight is 281 g/mol. The second-order valence-electron chi connectivity index (χ2n) is 5.25. The Balaban J connectivity index is 1.98. The zero-order chi connectivity index (χ0) is 14.7. The van der Waals surface area contributed by atoms with Gasteiger partial charge in [0.1, 0.15) is 6.54 Å². The molecular formula is C12H19N5O3. The quantitative estimate of drug-likeness (QED) is 0.784. The standard InChI is InChI=1S/C12H19N5O3/c1-15(2)6-9-4-3-5-17(9)11(18)8-16-7-10(12(19)20)13-14-16/h7,9H,3-6,8H2,1-2H3,(H,19,20). The van der Waals surface area contributed by atoms with Gasteiger partial charge in [0.15, 0.2) is 5.69 Å². The smallest absolute Gasteiger partial charge is 0.358 e. The molecule has 2 rings (SSSR count). The molecule has 0 saturated carbocycles. The van der Waals surface area contributed by atoms with Crippen LogP contribution in [0.15, 0.2) is 6.20 Å². The maximum absolute atomic E-state index is 12.3. The number of nitrogens with zero attached hydrogens (tertiary/aromatic N) is 5. The fourth-order valence-electron chi connectivity index (χ4n) is 2.48. The number of likely N-dealkylation sites (N-methyl/N-ethyl adjacent to an activating group) is 1. The number of aromatic carboxylic acids is 1. The van der Waals surface area contributed by atoms with Crippen LogP contribution in [0.25, 0.3) is 0 Å². The second-order valence-corrected chi connectivity index (χ2v) is 5.25. The number of carboxylic acids is 1. The van der Waals surface area contributed by atoms with Crippen molar-refractivity contribution in [3.8, 4) is 0 Å². The van der Waals surface area contributed by atoms with E-state index < -0.39 is 5.97 Å². The monoisotopic (exact) mass is 281 g/mol. The molecule has 1 atom stereocenters. The molecule has 1 saturated heterocycles. The van der Waals surface area contributed by atoms with E-state index in [1.807, 2.05) is 19.0 Å². The van der Waals surface area contributed by atoms with Crippen LogP contribution in [0.1, 0.15) is 23.3 Å². The molecule has 1 aliphatic rings. The summed E-state index contributed by atoms with van der Waals surface area (Å²) in [6.07, 6.45) is 3.28. The van der Waals surface area contributed by atoms with E-state index in [-0.39, 0.29) is 24.2 Å². The summed E-state index contributed by atoms with van der Waals surface area (Å²) >= 11 is 0. The normalized spacial score (nSPS) is 18.8. The molecule has 0 bridgehead atoms. The highest BCUT2D eigenvalue weighted by Gasteiger charge is 2.29. The Bertz CT molecular complexity index is 499. The summed E-state index contributed by atoms with van der Waals surface area (Å²) in [4.78, 5) is 26.9. The molecule has 1 unspecified atom stereocenters. The van der Waals surface area contributed by atoms with E-state index in [1.165, 1.54) is 10.9 Å². The molecule has 20 heavy (non-hydrogen) atoms. The van der Waals surface area contributed by atoms with Crippen LogP contribution in [0.5, 0.6) is 0 Å². The van der Waals surface area contributed by atoms with Crippen molar-refractivity contribution in [2.75, 3.05) is 27.2 Å². The molecule has 0 aromatic carbocycles. The van der Waals surface area contributed by atoms with Crippen molar-refractivity contribution in [3.63, 3.8) is 0 Å². The zero-order valence-corrected chi connectivity index (χ0v) is 11.7. The van der Waals surface area contributed by atoms with Gasteiger partial charge in [-0.15, -0.1) is 5.10 Å². The van der Waals surface area contributed by atoms with Crippen LogP contribution < -0.4 is 0 Å². The zero-order valence-electron chi connectivity index (χ0n) is 11.7. The van der Waals surface area contributed by atoms with Crippen LogP contribution in [0, 0.1) is 0 Å². The molecular weight excluding hydrogens is 262 g/mol. The molecule has 0 radical (unpaired) electrons. The third kappa shape index (κ3) is 3.32. The lowest BCUT2D eigenvalue weighted by Crippen LogP contribution is -2.42. The summed E-state index contributed by atoms with van der Waals surface area (Å²) in [5.41, 5.74) is -0.149. The second kappa shape index (κ2) is 6.00. The van der Waals surface area contributed by atoms with Crippen LogP contribution in [0.3, 0.4) is 0 Å². The molecule has 1 aliphatic heterocycles. The number of likely N-dealkylation sites (tertiary alicyclic amines) is 1. The Labute approximate surface area is 117 Å². The number of carbonyl (C=O) groups is 2. The van der Waals surface area contributed by atoms with Crippen molar-refractivity contribution in [1.29, 1.82) is 0 Å². The summed E-state index contributed by atoms with van der Waals surface area (Å²) in [5.74, 6) is -1.19. The SMILES string of the molecule is CN(C)CC1CCCN1C(=O)Cn1cc(C(=O)O)nn1. The third-order valence-electron chi connectivity index (χ3n) is 3.33. The molecule has 2 heterocycles. The molecule has 1 amide bonds. The van der Waals surface area contributed by atoms with Gasteiger partial charge in [0, 0.05) is 19.1 Å². The highest BCUT2D eigenvalue weighted by molar-refractivity contribution is 5.84. The minimum atomic E-state index is -1.14. The van der Waals surface area contributed by atoms with Crippen molar-refractivity contribution in [2.45, 2.75) is 25.4 Å². The van der Waals surface area contributed by atoms with Crippen molar-refractivity contribution in [2.24, 2.45) is 0 Å². The average Bonchev–Trinajstić information content (AvgIpc) is 2.97. The molecule has 8 heteroatoms. The predicted octanol–water partition coefficient (Wildman–Crippen LogP) is -0.471. The molecule has 1 N–H and O–H groups in total. The maximum Gasteiger partial charge on any atom is 0.358 e. The minimum absolute atomic E-state index is 0.0320. The lowest BCUT2D eigenvalue weighted by atomic mass is 10.2. The molecule has 1 fully saturated rings. The first kappa shape index (κ1) is 14.4. The molecule has 1 aromatic rings. The van der Waals surface area contributed by atoms with E-state index in [0.717, 1.165) is 25.9 Å². The Morgan fingerprint density at radius 3 is 2.85 bits per heavy atom. The Kier molecular flexibility index (Phi) is 4.33. The number of hydrogen-bond donors (Lipinski definition) is 1. The molecule has 110 valence electrons. The molecule has 0 aliphatic carbocycles. The van der Waals surface area contributed by atoms with Gasteiger partial charge in [-0.05, 0) is 26.9 Å². The van der Waals surface area contributed by atoms with E-state index in [2.05, 4.69) is 15.2 Å². The van der Waals surface area contributed by atoms with Gasteiger partial charge in [-0.25, -0.2) is 9.48 Å². The first-order chi connectivity index (χ1) is 9.47. The predicted molar refractivity (Wildman–Crippen MR) is 70.3 cm³/mol.